The number of unbranched alkanes of at least 4 members (excludes halogenated alkanes) is 8. The Morgan fingerprint density at radius 2 is 1.20 bits per heavy atom. The fourth-order valence-electron chi connectivity index (χ4n) is 5.66. The van der Waals surface area contributed by atoms with Gasteiger partial charge in [0, 0.05) is 0 Å². The third kappa shape index (κ3) is 14.9. The molecule has 1 rings (SSSR count). The van der Waals surface area contributed by atoms with Crippen molar-refractivity contribution in [3.63, 3.8) is 0 Å². The van der Waals surface area contributed by atoms with Gasteiger partial charge in [0.15, 0.2) is 0 Å². The Labute approximate surface area is 192 Å². The summed E-state index contributed by atoms with van der Waals surface area (Å²) in [4.78, 5) is 0. The van der Waals surface area contributed by atoms with Crippen LogP contribution in [0.2, 0.25) is 0 Å². The average molecular weight is 421 g/mol. The van der Waals surface area contributed by atoms with Crippen LogP contribution < -0.4 is 0 Å². The van der Waals surface area contributed by atoms with Crippen molar-refractivity contribution in [2.75, 3.05) is 0 Å². The molecule has 0 aromatic rings. The van der Waals surface area contributed by atoms with Crippen molar-refractivity contribution in [3.05, 3.63) is 0 Å². The molecule has 0 saturated heterocycles. The summed E-state index contributed by atoms with van der Waals surface area (Å²) in [5.74, 6) is 5.06. The molecule has 0 bridgehead atoms. The third-order valence-corrected chi connectivity index (χ3v) is 8.12. The lowest BCUT2D eigenvalue weighted by Gasteiger charge is -2.38. The molecule has 0 spiro atoms. The first-order valence-corrected chi connectivity index (χ1v) is 14.5. The summed E-state index contributed by atoms with van der Waals surface area (Å²) >= 11 is 0. The van der Waals surface area contributed by atoms with Crippen LogP contribution in [-0.2, 0) is 0 Å². The van der Waals surface area contributed by atoms with Crippen LogP contribution in [-0.4, -0.2) is 0 Å². The molecule has 0 aliphatic heterocycles. The van der Waals surface area contributed by atoms with E-state index in [0.29, 0.717) is 0 Å². The van der Waals surface area contributed by atoms with Gasteiger partial charge in [-0.05, 0) is 48.9 Å². The first-order valence-electron chi connectivity index (χ1n) is 14.5. The molecule has 2 unspecified atom stereocenters. The Balaban J connectivity index is 2.15. The summed E-state index contributed by atoms with van der Waals surface area (Å²) in [5.41, 5.74) is 0. The predicted molar refractivity (Wildman–Crippen MR) is 138 cm³/mol. The summed E-state index contributed by atoms with van der Waals surface area (Å²) in [6.45, 7) is 11.8. The SMILES string of the molecule is CCCCCCCCC(CCCC(C)CC)CC1CC(CCCCCCC(C)C)C1. The minimum absolute atomic E-state index is 0.895. The van der Waals surface area contributed by atoms with Gasteiger partial charge in [-0.1, -0.05) is 144 Å². The van der Waals surface area contributed by atoms with Crippen LogP contribution in [0.3, 0.4) is 0 Å². The zero-order valence-corrected chi connectivity index (χ0v) is 22.0. The Morgan fingerprint density at radius 3 is 1.87 bits per heavy atom. The summed E-state index contributed by atoms with van der Waals surface area (Å²) in [7, 11) is 0. The van der Waals surface area contributed by atoms with E-state index in [2.05, 4.69) is 34.6 Å². The van der Waals surface area contributed by atoms with Crippen molar-refractivity contribution in [1.29, 1.82) is 0 Å². The minimum atomic E-state index is 0.895. The van der Waals surface area contributed by atoms with Crippen LogP contribution in [0.15, 0.2) is 0 Å². The van der Waals surface area contributed by atoms with Gasteiger partial charge in [-0.2, -0.15) is 0 Å². The van der Waals surface area contributed by atoms with Crippen molar-refractivity contribution in [2.45, 2.75) is 163 Å². The Kier molecular flexibility index (Phi) is 17.3. The van der Waals surface area contributed by atoms with Gasteiger partial charge >= 0.3 is 0 Å². The van der Waals surface area contributed by atoms with Crippen LogP contribution in [0, 0.1) is 29.6 Å². The van der Waals surface area contributed by atoms with Gasteiger partial charge < -0.3 is 0 Å². The van der Waals surface area contributed by atoms with Gasteiger partial charge in [-0.15, -0.1) is 0 Å². The van der Waals surface area contributed by atoms with Crippen molar-refractivity contribution in [2.24, 2.45) is 29.6 Å². The van der Waals surface area contributed by atoms with Crippen molar-refractivity contribution >= 4 is 0 Å². The van der Waals surface area contributed by atoms with E-state index in [1.54, 1.807) is 19.3 Å². The summed E-state index contributed by atoms with van der Waals surface area (Å²) in [6, 6.07) is 0. The monoisotopic (exact) mass is 420 g/mol. The fourth-order valence-corrected chi connectivity index (χ4v) is 5.66. The van der Waals surface area contributed by atoms with E-state index in [1.807, 2.05) is 0 Å². The first-order chi connectivity index (χ1) is 14.5. The van der Waals surface area contributed by atoms with Gasteiger partial charge in [0.05, 0.1) is 0 Å². The Hall–Kier alpha value is 0. The molecule has 0 nitrogen and oxygen atoms in total. The molecule has 180 valence electrons. The highest BCUT2D eigenvalue weighted by molar-refractivity contribution is 4.81. The first kappa shape index (κ1) is 28.0. The van der Waals surface area contributed by atoms with E-state index in [9.17, 15) is 0 Å². The number of rotatable bonds is 21. The van der Waals surface area contributed by atoms with Crippen LogP contribution >= 0.6 is 0 Å². The number of hydrogen-bond acceptors (Lipinski definition) is 0. The molecule has 30 heavy (non-hydrogen) atoms. The smallest absolute Gasteiger partial charge is 0.0406 e. The molecule has 0 amide bonds. The highest BCUT2D eigenvalue weighted by Gasteiger charge is 2.30. The summed E-state index contributed by atoms with van der Waals surface area (Å²) < 4.78 is 0. The lowest BCUT2D eigenvalue weighted by Crippen LogP contribution is -2.26. The fraction of sp³-hybridized carbons (Fsp3) is 1.00. The van der Waals surface area contributed by atoms with Crippen molar-refractivity contribution < 1.29 is 0 Å². The third-order valence-electron chi connectivity index (χ3n) is 8.12. The van der Waals surface area contributed by atoms with E-state index in [4.69, 9.17) is 0 Å². The quantitative estimate of drug-likeness (QED) is 0.162. The molecule has 0 aromatic heterocycles. The van der Waals surface area contributed by atoms with E-state index in [-0.39, 0.29) is 0 Å². The lowest BCUT2D eigenvalue weighted by atomic mass is 9.68. The molecule has 0 N–H and O–H groups in total. The van der Waals surface area contributed by atoms with Gasteiger partial charge in [-0.3, -0.25) is 0 Å². The van der Waals surface area contributed by atoms with Crippen LogP contribution in [0.5, 0.6) is 0 Å². The van der Waals surface area contributed by atoms with Crippen molar-refractivity contribution in [1.82, 2.24) is 0 Å². The highest BCUT2D eigenvalue weighted by Crippen LogP contribution is 2.42. The standard InChI is InChI=1S/C30H60/c1-6-8-9-10-11-15-20-28(22-17-19-27(5)7-2)23-30-24-29(25-30)21-16-13-12-14-18-26(3)4/h26-30H,6-25H2,1-5H3. The average Bonchev–Trinajstić information content (AvgIpc) is 2.69. The zero-order chi connectivity index (χ0) is 22.0. The second-order valence-corrected chi connectivity index (χ2v) is 11.7. The minimum Gasteiger partial charge on any atom is -0.0654 e. The number of hydrogen-bond donors (Lipinski definition) is 0. The molecule has 0 radical (unpaired) electrons. The van der Waals surface area contributed by atoms with Crippen LogP contribution in [0.1, 0.15) is 163 Å². The topological polar surface area (TPSA) is 0 Å². The highest BCUT2D eigenvalue weighted by atomic mass is 14.4. The molecule has 1 aliphatic carbocycles. The van der Waals surface area contributed by atoms with E-state index >= 15 is 0 Å². The van der Waals surface area contributed by atoms with Gasteiger partial charge in [0.25, 0.3) is 0 Å². The Bertz CT molecular complexity index is 351. The molecular formula is C30H60. The van der Waals surface area contributed by atoms with Crippen LogP contribution in [0.25, 0.3) is 0 Å². The predicted octanol–water partition coefficient (Wildman–Crippen LogP) is 11.0. The molecule has 1 fully saturated rings. The largest absolute Gasteiger partial charge is 0.0654 e. The normalized spacial score (nSPS) is 21.0. The maximum atomic E-state index is 2.45. The van der Waals surface area contributed by atoms with E-state index < -0.39 is 0 Å². The molecule has 0 heteroatoms. The molecule has 0 aromatic carbocycles. The summed E-state index contributed by atoms with van der Waals surface area (Å²) in [5, 5.41) is 0. The van der Waals surface area contributed by atoms with E-state index in [0.717, 1.165) is 29.6 Å². The molecule has 1 saturated carbocycles. The molecule has 1 aliphatic rings. The lowest BCUT2D eigenvalue weighted by molar-refractivity contribution is 0.138. The maximum Gasteiger partial charge on any atom is -0.0406 e. The van der Waals surface area contributed by atoms with Gasteiger partial charge in [-0.25, -0.2) is 0 Å². The Morgan fingerprint density at radius 1 is 0.600 bits per heavy atom. The molecule has 2 atom stereocenters. The zero-order valence-electron chi connectivity index (χ0n) is 22.0. The maximum absolute atomic E-state index is 2.45. The van der Waals surface area contributed by atoms with Gasteiger partial charge in [0.2, 0.25) is 0 Å². The molecular weight excluding hydrogens is 360 g/mol. The second kappa shape index (κ2) is 18.6. The summed E-state index contributed by atoms with van der Waals surface area (Å²) in [6.07, 6.45) is 29.8. The van der Waals surface area contributed by atoms with Crippen molar-refractivity contribution in [3.8, 4) is 0 Å². The second-order valence-electron chi connectivity index (χ2n) is 11.7. The van der Waals surface area contributed by atoms with Crippen LogP contribution in [0.4, 0.5) is 0 Å². The van der Waals surface area contributed by atoms with E-state index in [1.165, 1.54) is 109 Å². The van der Waals surface area contributed by atoms with Gasteiger partial charge in [0.1, 0.15) is 0 Å². The molecule has 0 heterocycles.